The van der Waals surface area contributed by atoms with E-state index in [4.69, 9.17) is 14.4 Å². The molecule has 0 radical (unpaired) electrons. The van der Waals surface area contributed by atoms with Gasteiger partial charge in [0.05, 0.1) is 0 Å². The molecule has 74 valence electrons. The highest BCUT2D eigenvalue weighted by atomic mass is 28.4. The van der Waals surface area contributed by atoms with Gasteiger partial charge >= 0.3 is 9.05 Å². The van der Waals surface area contributed by atoms with Gasteiger partial charge in [-0.1, -0.05) is 38.5 Å². The van der Waals surface area contributed by atoms with E-state index in [0.29, 0.717) is 0 Å². The first kappa shape index (κ1) is 12.1. The highest BCUT2D eigenvalue weighted by Gasteiger charge is 2.27. The van der Waals surface area contributed by atoms with E-state index in [0.717, 1.165) is 7.11 Å². The SMILES string of the molecule is C1CCCCC1.CO[Si](O)(O)O. The summed E-state index contributed by atoms with van der Waals surface area (Å²) in [7, 11) is -3.11. The van der Waals surface area contributed by atoms with Crippen LogP contribution in [0.1, 0.15) is 38.5 Å². The lowest BCUT2D eigenvalue weighted by molar-refractivity contribution is 0.0881. The maximum absolute atomic E-state index is 7.85. The van der Waals surface area contributed by atoms with Crippen LogP contribution in [0.2, 0.25) is 0 Å². The maximum atomic E-state index is 7.85. The molecule has 1 aliphatic rings. The first-order valence-electron chi connectivity index (χ1n) is 4.28. The standard InChI is InChI=1S/C6H12.CH6O4Si/c1-2-4-6-5-3-1;1-5-6(2,3)4/h1-6H2;2-4H,1H3. The van der Waals surface area contributed by atoms with Crippen molar-refractivity contribution in [1.82, 2.24) is 0 Å². The van der Waals surface area contributed by atoms with Gasteiger partial charge in [0.2, 0.25) is 0 Å². The van der Waals surface area contributed by atoms with Gasteiger partial charge < -0.3 is 18.8 Å². The van der Waals surface area contributed by atoms with E-state index in [2.05, 4.69) is 4.43 Å². The molecular weight excluding hydrogens is 176 g/mol. The van der Waals surface area contributed by atoms with Crippen LogP contribution in [0.3, 0.4) is 0 Å². The van der Waals surface area contributed by atoms with Crippen molar-refractivity contribution in [2.75, 3.05) is 7.11 Å². The molecule has 0 amide bonds. The maximum Gasteiger partial charge on any atom is 0.671 e. The van der Waals surface area contributed by atoms with Crippen LogP contribution < -0.4 is 0 Å². The zero-order chi connectivity index (χ0) is 9.45. The largest absolute Gasteiger partial charge is 0.671 e. The summed E-state index contributed by atoms with van der Waals surface area (Å²) in [4.78, 5) is 23.6. The zero-order valence-electron chi connectivity index (χ0n) is 7.49. The molecule has 1 rings (SSSR count). The fourth-order valence-electron chi connectivity index (χ4n) is 1.06. The van der Waals surface area contributed by atoms with E-state index in [1.165, 1.54) is 38.5 Å². The minimum Gasteiger partial charge on any atom is -0.368 e. The average Bonchev–Trinajstić information content (AvgIpc) is 2.07. The van der Waals surface area contributed by atoms with Gasteiger partial charge in [-0.25, -0.2) is 0 Å². The van der Waals surface area contributed by atoms with Crippen LogP contribution in [0.5, 0.6) is 0 Å². The minimum absolute atomic E-state index is 1.02. The third-order valence-electron chi connectivity index (χ3n) is 1.77. The molecule has 0 spiro atoms. The van der Waals surface area contributed by atoms with E-state index in [-0.39, 0.29) is 0 Å². The molecule has 1 saturated carbocycles. The highest BCUT2D eigenvalue weighted by molar-refractivity contribution is 6.48. The molecule has 1 aliphatic carbocycles. The quantitative estimate of drug-likeness (QED) is 0.528. The Bertz CT molecular complexity index is 86.6. The lowest BCUT2D eigenvalue weighted by Gasteiger charge is -2.05. The lowest BCUT2D eigenvalue weighted by atomic mass is 10.0. The van der Waals surface area contributed by atoms with E-state index in [1.807, 2.05) is 0 Å². The Morgan fingerprint density at radius 3 is 1.08 bits per heavy atom. The summed E-state index contributed by atoms with van der Waals surface area (Å²) in [5.41, 5.74) is 0. The summed E-state index contributed by atoms with van der Waals surface area (Å²) in [6, 6.07) is 0. The Morgan fingerprint density at radius 1 is 0.833 bits per heavy atom. The Kier molecular flexibility index (Phi) is 6.59. The molecule has 0 unspecified atom stereocenters. The Morgan fingerprint density at radius 2 is 1.00 bits per heavy atom. The normalized spacial score (nSPS) is 18.0. The molecule has 0 aliphatic heterocycles. The van der Waals surface area contributed by atoms with Crippen molar-refractivity contribution < 1.29 is 18.8 Å². The summed E-state index contributed by atoms with van der Waals surface area (Å²) in [5.74, 6) is 0. The first-order chi connectivity index (χ1) is 5.56. The predicted molar refractivity (Wildman–Crippen MR) is 47.1 cm³/mol. The number of rotatable bonds is 1. The van der Waals surface area contributed by atoms with Crippen LogP contribution in [0.4, 0.5) is 0 Å². The van der Waals surface area contributed by atoms with Crippen LogP contribution in [0.25, 0.3) is 0 Å². The molecule has 0 aromatic rings. The van der Waals surface area contributed by atoms with Crippen LogP contribution in [-0.2, 0) is 4.43 Å². The second-order valence-electron chi connectivity index (χ2n) is 2.90. The average molecular weight is 194 g/mol. The lowest BCUT2D eigenvalue weighted by Crippen LogP contribution is -2.37. The zero-order valence-corrected chi connectivity index (χ0v) is 8.49. The number of hydrogen-bond donors (Lipinski definition) is 3. The van der Waals surface area contributed by atoms with Crippen molar-refractivity contribution in [1.29, 1.82) is 0 Å². The van der Waals surface area contributed by atoms with Crippen LogP contribution >= 0.6 is 0 Å². The van der Waals surface area contributed by atoms with Crippen molar-refractivity contribution in [3.05, 3.63) is 0 Å². The molecule has 3 N–H and O–H groups in total. The Hall–Kier alpha value is 0.0569. The minimum atomic E-state index is -4.13. The van der Waals surface area contributed by atoms with E-state index in [1.54, 1.807) is 0 Å². The van der Waals surface area contributed by atoms with Crippen molar-refractivity contribution in [3.8, 4) is 0 Å². The van der Waals surface area contributed by atoms with Gasteiger partial charge in [-0.3, -0.25) is 0 Å². The molecule has 0 bridgehead atoms. The number of hydrogen-bond acceptors (Lipinski definition) is 4. The van der Waals surface area contributed by atoms with E-state index >= 15 is 0 Å². The first-order valence-corrected chi connectivity index (χ1v) is 6.03. The fourth-order valence-corrected chi connectivity index (χ4v) is 1.06. The van der Waals surface area contributed by atoms with Crippen LogP contribution in [-0.4, -0.2) is 30.5 Å². The molecule has 12 heavy (non-hydrogen) atoms. The third kappa shape index (κ3) is 10.1. The second kappa shape index (κ2) is 6.56. The molecule has 4 nitrogen and oxygen atoms in total. The smallest absolute Gasteiger partial charge is 0.368 e. The Balaban J connectivity index is 0.000000202. The summed E-state index contributed by atoms with van der Waals surface area (Å²) < 4.78 is 3.74. The molecule has 0 aromatic carbocycles. The topological polar surface area (TPSA) is 69.9 Å². The third-order valence-corrected chi connectivity index (χ3v) is 2.32. The van der Waals surface area contributed by atoms with E-state index in [9.17, 15) is 0 Å². The fraction of sp³-hybridized carbons (Fsp3) is 1.00. The molecule has 0 heterocycles. The molecule has 1 fully saturated rings. The van der Waals surface area contributed by atoms with Crippen molar-refractivity contribution in [2.45, 2.75) is 38.5 Å². The molecule has 0 atom stereocenters. The van der Waals surface area contributed by atoms with Crippen molar-refractivity contribution >= 4 is 9.05 Å². The predicted octanol–water partition coefficient (Wildman–Crippen LogP) is 0.386. The van der Waals surface area contributed by atoms with Gasteiger partial charge in [0.1, 0.15) is 0 Å². The summed E-state index contributed by atoms with van der Waals surface area (Å²) in [6.45, 7) is 0. The molecular formula is C7H18O4Si. The Labute approximate surface area is 74.3 Å². The van der Waals surface area contributed by atoms with Gasteiger partial charge in [0.25, 0.3) is 0 Å². The van der Waals surface area contributed by atoms with Crippen molar-refractivity contribution in [3.63, 3.8) is 0 Å². The summed E-state index contributed by atoms with van der Waals surface area (Å²) >= 11 is 0. The van der Waals surface area contributed by atoms with Crippen LogP contribution in [0, 0.1) is 0 Å². The van der Waals surface area contributed by atoms with Gasteiger partial charge in [-0.15, -0.1) is 0 Å². The molecule has 0 saturated heterocycles. The van der Waals surface area contributed by atoms with Gasteiger partial charge in [0, 0.05) is 7.11 Å². The van der Waals surface area contributed by atoms with Crippen LogP contribution in [0.15, 0.2) is 0 Å². The second-order valence-corrected chi connectivity index (χ2v) is 4.46. The monoisotopic (exact) mass is 194 g/mol. The van der Waals surface area contributed by atoms with Crippen molar-refractivity contribution in [2.24, 2.45) is 0 Å². The molecule has 0 aromatic heterocycles. The summed E-state index contributed by atoms with van der Waals surface area (Å²) in [5, 5.41) is 0. The van der Waals surface area contributed by atoms with Gasteiger partial charge in [0.15, 0.2) is 0 Å². The van der Waals surface area contributed by atoms with E-state index < -0.39 is 9.05 Å². The summed E-state index contributed by atoms with van der Waals surface area (Å²) in [6.07, 6.45) is 9.00. The van der Waals surface area contributed by atoms with Gasteiger partial charge in [-0.2, -0.15) is 0 Å². The molecule has 5 heteroatoms. The van der Waals surface area contributed by atoms with Gasteiger partial charge in [-0.05, 0) is 0 Å². The highest BCUT2D eigenvalue weighted by Crippen LogP contribution is 2.15.